The monoisotopic (exact) mass is 222 g/mol. The second-order valence-corrected chi connectivity index (χ2v) is 2.23. The summed E-state index contributed by atoms with van der Waals surface area (Å²) in [6, 6.07) is 6.66. The molecule has 0 amide bonds. The number of aliphatic carboxylic acids is 1. The Labute approximate surface area is 110 Å². The van der Waals surface area contributed by atoms with Crippen molar-refractivity contribution >= 4 is 5.97 Å². The second kappa shape index (κ2) is 9.79. The first-order valence-electron chi connectivity index (χ1n) is 3.74. The van der Waals surface area contributed by atoms with E-state index in [9.17, 15) is 0 Å². The zero-order valence-electron chi connectivity index (χ0n) is 8.64. The number of carboxylic acids is 1. The maximum Gasteiger partial charge on any atom is 1.00 e. The molecule has 0 aliphatic carbocycles. The van der Waals surface area contributed by atoms with Crippen LogP contribution in [0.15, 0.2) is 24.3 Å². The zero-order valence-corrected chi connectivity index (χ0v) is 10.6. The number of aliphatic hydroxyl groups is 1. The molecule has 0 saturated carbocycles. The number of phenolic OH excluding ortho intramolecular Hbond substituents is 1. The fraction of sp³-hybridized carbons (Fsp3) is 0.222. The summed E-state index contributed by atoms with van der Waals surface area (Å²) in [5.41, 5.74) is 0. The number of carboxylic acid groups (broad SMARTS) is 1. The van der Waals surface area contributed by atoms with E-state index in [1.54, 1.807) is 31.4 Å². The van der Waals surface area contributed by atoms with Crippen LogP contribution >= 0.6 is 0 Å². The summed E-state index contributed by atoms with van der Waals surface area (Å²) in [5, 5.41) is 25.4. The SMILES string of the molecule is COc1cccc(O)c1.O=C([O-])CO.[Na+]. The molecule has 5 nitrogen and oxygen atoms in total. The van der Waals surface area contributed by atoms with Crippen LogP contribution in [0.3, 0.4) is 0 Å². The Bertz CT molecular complexity index is 290. The molecule has 2 N–H and O–H groups in total. The van der Waals surface area contributed by atoms with Crippen LogP contribution in [0.25, 0.3) is 0 Å². The molecule has 0 bridgehead atoms. The van der Waals surface area contributed by atoms with Gasteiger partial charge in [0.1, 0.15) is 11.5 Å². The molecule has 0 radical (unpaired) electrons. The molecule has 0 saturated heterocycles. The quantitative estimate of drug-likeness (QED) is 0.500. The first-order chi connectivity index (χ1) is 6.60. The Hall–Kier alpha value is -0.750. The molecular weight excluding hydrogens is 211 g/mol. The molecule has 0 fully saturated rings. The van der Waals surface area contributed by atoms with Gasteiger partial charge < -0.3 is 24.9 Å². The van der Waals surface area contributed by atoms with Gasteiger partial charge in [-0.15, -0.1) is 0 Å². The van der Waals surface area contributed by atoms with Crippen molar-refractivity contribution in [2.75, 3.05) is 13.7 Å². The van der Waals surface area contributed by atoms with E-state index >= 15 is 0 Å². The Morgan fingerprint density at radius 2 is 2.07 bits per heavy atom. The normalized spacial score (nSPS) is 7.87. The van der Waals surface area contributed by atoms with Gasteiger partial charge in [0, 0.05) is 6.07 Å². The number of phenols is 1. The van der Waals surface area contributed by atoms with Crippen molar-refractivity contribution in [3.05, 3.63) is 24.3 Å². The number of ether oxygens (including phenoxy) is 1. The number of carbonyl (C=O) groups is 1. The third kappa shape index (κ3) is 9.55. The van der Waals surface area contributed by atoms with Crippen LogP contribution in [-0.2, 0) is 4.79 Å². The van der Waals surface area contributed by atoms with Gasteiger partial charge in [-0.25, -0.2) is 0 Å². The average molecular weight is 222 g/mol. The summed E-state index contributed by atoms with van der Waals surface area (Å²) < 4.78 is 4.84. The molecule has 1 aromatic carbocycles. The maximum absolute atomic E-state index is 9.01. The smallest absolute Gasteiger partial charge is 0.548 e. The van der Waals surface area contributed by atoms with Gasteiger partial charge in [-0.1, -0.05) is 6.07 Å². The number of aliphatic hydroxyl groups excluding tert-OH is 1. The van der Waals surface area contributed by atoms with E-state index in [1.165, 1.54) is 0 Å². The van der Waals surface area contributed by atoms with E-state index in [-0.39, 0.29) is 35.3 Å². The van der Waals surface area contributed by atoms with Crippen LogP contribution in [0.5, 0.6) is 11.5 Å². The summed E-state index contributed by atoms with van der Waals surface area (Å²) in [6.07, 6.45) is 0. The van der Waals surface area contributed by atoms with Crippen LogP contribution in [0.1, 0.15) is 0 Å². The molecule has 0 aromatic heterocycles. The molecule has 1 aromatic rings. The maximum atomic E-state index is 9.01. The predicted molar refractivity (Wildman–Crippen MR) is 46.8 cm³/mol. The number of rotatable bonds is 2. The van der Waals surface area contributed by atoms with Crippen molar-refractivity contribution in [1.82, 2.24) is 0 Å². The summed E-state index contributed by atoms with van der Waals surface area (Å²) in [6.45, 7) is -0.889. The number of hydrogen-bond donors (Lipinski definition) is 2. The molecule has 0 unspecified atom stereocenters. The fourth-order valence-corrected chi connectivity index (χ4v) is 0.610. The summed E-state index contributed by atoms with van der Waals surface area (Å²) in [7, 11) is 1.56. The third-order valence-corrected chi connectivity index (χ3v) is 1.18. The Morgan fingerprint density at radius 3 is 2.33 bits per heavy atom. The molecule has 78 valence electrons. The zero-order chi connectivity index (χ0) is 11.0. The number of hydrogen-bond acceptors (Lipinski definition) is 5. The average Bonchev–Trinajstić information content (AvgIpc) is 2.18. The van der Waals surface area contributed by atoms with Crippen molar-refractivity contribution in [1.29, 1.82) is 0 Å². The van der Waals surface area contributed by atoms with E-state index in [0.29, 0.717) is 5.75 Å². The second-order valence-electron chi connectivity index (χ2n) is 2.23. The van der Waals surface area contributed by atoms with Crippen molar-refractivity contribution in [2.24, 2.45) is 0 Å². The number of carbonyl (C=O) groups excluding carboxylic acids is 1. The molecule has 1 rings (SSSR count). The fourth-order valence-electron chi connectivity index (χ4n) is 0.610. The number of aromatic hydroxyl groups is 1. The molecule has 0 spiro atoms. The van der Waals surface area contributed by atoms with E-state index < -0.39 is 12.6 Å². The van der Waals surface area contributed by atoms with Crippen LogP contribution in [0, 0.1) is 0 Å². The minimum absolute atomic E-state index is 0. The van der Waals surface area contributed by atoms with Gasteiger partial charge in [0.2, 0.25) is 0 Å². The van der Waals surface area contributed by atoms with Gasteiger partial charge in [0.05, 0.1) is 19.7 Å². The van der Waals surface area contributed by atoms with E-state index in [4.69, 9.17) is 24.9 Å². The Balaban J connectivity index is 0. The van der Waals surface area contributed by atoms with E-state index in [0.717, 1.165) is 0 Å². The van der Waals surface area contributed by atoms with Gasteiger partial charge in [-0.05, 0) is 12.1 Å². The summed E-state index contributed by atoms with van der Waals surface area (Å²) in [5.74, 6) is -0.533. The van der Waals surface area contributed by atoms with Crippen LogP contribution < -0.4 is 39.4 Å². The molecule has 0 aliphatic rings. The first-order valence-corrected chi connectivity index (χ1v) is 3.74. The standard InChI is InChI=1S/C7H8O2.C2H4O3.Na/c1-9-7-4-2-3-6(8)5-7;3-1-2(4)5;/h2-5,8H,1H3;3H,1H2,(H,4,5);/q;;+1/p-1. The molecule has 15 heavy (non-hydrogen) atoms. The topological polar surface area (TPSA) is 89.8 Å². The van der Waals surface area contributed by atoms with Crippen molar-refractivity contribution in [3.8, 4) is 11.5 Å². The van der Waals surface area contributed by atoms with Gasteiger partial charge in [0.15, 0.2) is 0 Å². The Morgan fingerprint density at radius 1 is 1.53 bits per heavy atom. The van der Waals surface area contributed by atoms with Crippen molar-refractivity contribution in [3.63, 3.8) is 0 Å². The first kappa shape index (κ1) is 16.7. The molecular formula is C9H11NaO5. The van der Waals surface area contributed by atoms with Crippen molar-refractivity contribution < 1.29 is 54.4 Å². The van der Waals surface area contributed by atoms with Crippen molar-refractivity contribution in [2.45, 2.75) is 0 Å². The predicted octanol–water partition coefficient (Wildman–Crippen LogP) is -3.87. The largest absolute Gasteiger partial charge is 1.00 e. The molecule has 0 atom stereocenters. The van der Waals surface area contributed by atoms with Gasteiger partial charge in [0.25, 0.3) is 0 Å². The van der Waals surface area contributed by atoms with Crippen LogP contribution in [0.2, 0.25) is 0 Å². The summed E-state index contributed by atoms with van der Waals surface area (Å²) >= 11 is 0. The number of methoxy groups -OCH3 is 1. The molecule has 6 heteroatoms. The molecule has 0 aliphatic heterocycles. The minimum Gasteiger partial charge on any atom is -0.548 e. The Kier molecular flexibility index (Phi) is 10.9. The minimum atomic E-state index is -1.44. The summed E-state index contributed by atoms with van der Waals surface area (Å²) in [4.78, 5) is 9.01. The van der Waals surface area contributed by atoms with Gasteiger partial charge in [-0.2, -0.15) is 0 Å². The van der Waals surface area contributed by atoms with Crippen LogP contribution in [-0.4, -0.2) is 29.9 Å². The van der Waals surface area contributed by atoms with Gasteiger partial charge >= 0.3 is 29.6 Å². The van der Waals surface area contributed by atoms with Gasteiger partial charge in [-0.3, -0.25) is 0 Å². The van der Waals surface area contributed by atoms with Crippen LogP contribution in [0.4, 0.5) is 0 Å². The van der Waals surface area contributed by atoms with E-state index in [1.807, 2.05) is 0 Å². The third-order valence-electron chi connectivity index (χ3n) is 1.18. The number of benzene rings is 1. The van der Waals surface area contributed by atoms with E-state index in [2.05, 4.69) is 0 Å². The molecule has 0 heterocycles.